The lowest BCUT2D eigenvalue weighted by Crippen LogP contribution is -2.44. The van der Waals surface area contributed by atoms with Gasteiger partial charge in [-0.2, -0.15) is 0 Å². The topological polar surface area (TPSA) is 49.3 Å². The van der Waals surface area contributed by atoms with Crippen LogP contribution in [0.2, 0.25) is 0 Å². The van der Waals surface area contributed by atoms with E-state index in [0.29, 0.717) is 6.42 Å². The van der Waals surface area contributed by atoms with E-state index >= 15 is 0 Å². The zero-order valence-corrected chi connectivity index (χ0v) is 11.7. The van der Waals surface area contributed by atoms with Gasteiger partial charge in [0, 0.05) is 23.1 Å². The second-order valence-electron chi connectivity index (χ2n) is 4.77. The lowest BCUT2D eigenvalue weighted by Gasteiger charge is -2.25. The second-order valence-corrected chi connectivity index (χ2v) is 5.79. The van der Waals surface area contributed by atoms with Gasteiger partial charge < -0.3 is 10.4 Å². The van der Waals surface area contributed by atoms with Gasteiger partial charge in [0.1, 0.15) is 11.6 Å². The summed E-state index contributed by atoms with van der Waals surface area (Å²) in [4.78, 5) is 11.9. The summed E-state index contributed by atoms with van der Waals surface area (Å²) < 4.78 is 26.0. The first-order valence-corrected chi connectivity index (χ1v) is 6.82. The van der Waals surface area contributed by atoms with Crippen molar-refractivity contribution >= 4 is 17.7 Å². The highest BCUT2D eigenvalue weighted by atomic mass is 32.2. The van der Waals surface area contributed by atoms with E-state index in [2.05, 4.69) is 5.32 Å². The Morgan fingerprint density at radius 3 is 2.68 bits per heavy atom. The van der Waals surface area contributed by atoms with Crippen molar-refractivity contribution in [2.24, 2.45) is 0 Å². The van der Waals surface area contributed by atoms with Crippen LogP contribution >= 0.6 is 11.8 Å². The number of hydrogen-bond donors (Lipinski definition) is 2. The maximum absolute atomic E-state index is 13.3. The molecular weight excluding hydrogens is 272 g/mol. The minimum absolute atomic E-state index is 0.0208. The van der Waals surface area contributed by atoms with Gasteiger partial charge in [0.25, 0.3) is 0 Å². The Kier molecular flexibility index (Phi) is 5.75. The average Bonchev–Trinajstić information content (AvgIpc) is 2.26. The predicted octanol–water partition coefficient (Wildman–Crippen LogP) is 2.33. The fourth-order valence-electron chi connectivity index (χ4n) is 1.49. The molecule has 1 aromatic carbocycles. The average molecular weight is 289 g/mol. The monoisotopic (exact) mass is 289 g/mol. The molecule has 3 nitrogen and oxygen atoms in total. The van der Waals surface area contributed by atoms with Crippen molar-refractivity contribution < 1.29 is 18.7 Å². The highest BCUT2D eigenvalue weighted by Crippen LogP contribution is 2.22. The molecule has 0 saturated heterocycles. The van der Waals surface area contributed by atoms with E-state index in [-0.39, 0.29) is 23.2 Å². The molecule has 1 aromatic rings. The molecule has 19 heavy (non-hydrogen) atoms. The third-order valence-corrected chi connectivity index (χ3v) is 3.52. The minimum atomic E-state index is -0.674. The lowest BCUT2D eigenvalue weighted by molar-refractivity contribution is -0.120. The summed E-state index contributed by atoms with van der Waals surface area (Å²) in [6.07, 6.45) is 0.439. The van der Waals surface area contributed by atoms with Crippen molar-refractivity contribution in [3.63, 3.8) is 0 Å². The van der Waals surface area contributed by atoms with E-state index in [1.54, 1.807) is 13.8 Å². The van der Waals surface area contributed by atoms with Crippen molar-refractivity contribution in [1.82, 2.24) is 5.32 Å². The van der Waals surface area contributed by atoms with Gasteiger partial charge >= 0.3 is 0 Å². The van der Waals surface area contributed by atoms with Gasteiger partial charge in [-0.1, -0.05) is 0 Å². The summed E-state index contributed by atoms with van der Waals surface area (Å²) in [6, 6.07) is 3.25. The smallest absolute Gasteiger partial charge is 0.230 e. The van der Waals surface area contributed by atoms with Crippen LogP contribution in [0.15, 0.2) is 23.1 Å². The van der Waals surface area contributed by atoms with Crippen LogP contribution in [0.4, 0.5) is 8.78 Å². The van der Waals surface area contributed by atoms with Gasteiger partial charge in [0.15, 0.2) is 0 Å². The summed E-state index contributed by atoms with van der Waals surface area (Å²) in [5.41, 5.74) is -0.506. The molecule has 0 spiro atoms. The number of hydrogen-bond acceptors (Lipinski definition) is 3. The third-order valence-electron chi connectivity index (χ3n) is 2.47. The fourth-order valence-corrected chi connectivity index (χ4v) is 2.21. The summed E-state index contributed by atoms with van der Waals surface area (Å²) >= 11 is 1.01. The number of carbonyl (C=O) groups is 1. The van der Waals surface area contributed by atoms with Crippen LogP contribution in [-0.4, -0.2) is 28.9 Å². The number of rotatable bonds is 6. The number of carbonyl (C=O) groups excluding carboxylic acids is 1. The molecule has 0 fully saturated rings. The van der Waals surface area contributed by atoms with E-state index in [9.17, 15) is 13.6 Å². The highest BCUT2D eigenvalue weighted by molar-refractivity contribution is 8.00. The Balaban J connectivity index is 2.50. The minimum Gasteiger partial charge on any atom is -0.396 e. The fraction of sp³-hybridized carbons (Fsp3) is 0.462. The van der Waals surface area contributed by atoms with Crippen LogP contribution in [0.25, 0.3) is 0 Å². The SMILES string of the molecule is CC(C)(CCO)NC(=O)CSc1ccc(F)cc1F. The Morgan fingerprint density at radius 2 is 2.11 bits per heavy atom. The third kappa shape index (κ3) is 5.57. The summed E-state index contributed by atoms with van der Waals surface area (Å²) in [5.74, 6) is -1.53. The van der Waals surface area contributed by atoms with Crippen LogP contribution in [0.5, 0.6) is 0 Å². The molecule has 0 unspecified atom stereocenters. The highest BCUT2D eigenvalue weighted by Gasteiger charge is 2.19. The predicted molar refractivity (Wildman–Crippen MR) is 71.0 cm³/mol. The molecule has 0 atom stereocenters. The van der Waals surface area contributed by atoms with Crippen molar-refractivity contribution in [3.05, 3.63) is 29.8 Å². The molecule has 0 aliphatic rings. The van der Waals surface area contributed by atoms with Gasteiger partial charge in [-0.05, 0) is 32.4 Å². The van der Waals surface area contributed by atoms with E-state index < -0.39 is 17.2 Å². The second kappa shape index (κ2) is 6.86. The van der Waals surface area contributed by atoms with E-state index in [4.69, 9.17) is 5.11 Å². The van der Waals surface area contributed by atoms with Crippen LogP contribution in [0.3, 0.4) is 0 Å². The molecule has 0 radical (unpaired) electrons. The first-order valence-electron chi connectivity index (χ1n) is 5.84. The number of aliphatic hydroxyl groups is 1. The molecular formula is C13H17F2NO2S. The van der Waals surface area contributed by atoms with Crippen LogP contribution in [0, 0.1) is 11.6 Å². The van der Waals surface area contributed by atoms with Gasteiger partial charge in [0.05, 0.1) is 5.75 Å². The molecule has 0 aromatic heterocycles. The van der Waals surface area contributed by atoms with Crippen molar-refractivity contribution in [2.75, 3.05) is 12.4 Å². The number of aliphatic hydroxyl groups excluding tert-OH is 1. The molecule has 2 N–H and O–H groups in total. The number of benzene rings is 1. The largest absolute Gasteiger partial charge is 0.396 e. The van der Waals surface area contributed by atoms with Gasteiger partial charge in [-0.15, -0.1) is 11.8 Å². The van der Waals surface area contributed by atoms with Crippen molar-refractivity contribution in [1.29, 1.82) is 0 Å². The maximum Gasteiger partial charge on any atom is 0.230 e. The first kappa shape index (κ1) is 15.9. The number of amides is 1. The van der Waals surface area contributed by atoms with Crippen molar-refractivity contribution in [3.8, 4) is 0 Å². The Bertz CT molecular complexity index is 452. The Hall–Kier alpha value is -1.14. The summed E-state index contributed by atoms with van der Waals surface area (Å²) in [6.45, 7) is 3.57. The molecule has 1 amide bonds. The molecule has 0 heterocycles. The zero-order valence-electron chi connectivity index (χ0n) is 10.9. The summed E-state index contributed by atoms with van der Waals surface area (Å²) in [7, 11) is 0. The molecule has 0 aliphatic heterocycles. The van der Waals surface area contributed by atoms with E-state index in [0.717, 1.165) is 23.9 Å². The molecule has 0 bridgehead atoms. The van der Waals surface area contributed by atoms with Gasteiger partial charge in [-0.3, -0.25) is 4.79 Å². The van der Waals surface area contributed by atoms with Crippen LogP contribution in [-0.2, 0) is 4.79 Å². The lowest BCUT2D eigenvalue weighted by atomic mass is 10.0. The Labute approximate surface area is 115 Å². The first-order chi connectivity index (χ1) is 8.84. The van der Waals surface area contributed by atoms with Gasteiger partial charge in [-0.25, -0.2) is 8.78 Å². The standard InChI is InChI=1S/C13H17F2NO2S/c1-13(2,5-6-17)16-12(18)8-19-11-4-3-9(14)7-10(11)15/h3-4,7,17H,5-6,8H2,1-2H3,(H,16,18). The number of nitrogens with one attached hydrogen (secondary N) is 1. The van der Waals surface area contributed by atoms with E-state index in [1.807, 2.05) is 0 Å². The molecule has 6 heteroatoms. The molecule has 0 aliphatic carbocycles. The normalized spacial score (nSPS) is 11.4. The molecule has 106 valence electrons. The maximum atomic E-state index is 13.3. The Morgan fingerprint density at radius 1 is 1.42 bits per heavy atom. The molecule has 0 saturated carbocycles. The van der Waals surface area contributed by atoms with Gasteiger partial charge in [0.2, 0.25) is 5.91 Å². The number of halogens is 2. The van der Waals surface area contributed by atoms with Crippen LogP contribution < -0.4 is 5.32 Å². The quantitative estimate of drug-likeness (QED) is 0.790. The number of thioether (sulfide) groups is 1. The van der Waals surface area contributed by atoms with Crippen molar-refractivity contribution in [2.45, 2.75) is 30.7 Å². The van der Waals surface area contributed by atoms with Crippen LogP contribution in [0.1, 0.15) is 20.3 Å². The van der Waals surface area contributed by atoms with E-state index in [1.165, 1.54) is 6.07 Å². The zero-order chi connectivity index (χ0) is 14.5. The summed E-state index contributed by atoms with van der Waals surface area (Å²) in [5, 5.41) is 11.6. The molecule has 1 rings (SSSR count).